The Balaban J connectivity index is 2.45. The van der Waals surface area contributed by atoms with Gasteiger partial charge in [0.2, 0.25) is 0 Å². The van der Waals surface area contributed by atoms with E-state index in [0.29, 0.717) is 11.1 Å². The minimum atomic E-state index is -0.200. The molecule has 0 spiro atoms. The highest BCUT2D eigenvalue weighted by molar-refractivity contribution is 5.95. The first-order valence-electron chi connectivity index (χ1n) is 10.0. The third-order valence-electron chi connectivity index (χ3n) is 4.56. The van der Waals surface area contributed by atoms with Crippen LogP contribution >= 0.6 is 0 Å². The molecular weight excluding hydrogens is 432 g/mol. The molecular formula is C29H15N6-. The van der Waals surface area contributed by atoms with Crippen molar-refractivity contribution in [2.75, 3.05) is 0 Å². The second-order valence-corrected chi connectivity index (χ2v) is 6.59. The van der Waals surface area contributed by atoms with Crippen LogP contribution < -0.4 is 0 Å². The van der Waals surface area contributed by atoms with Crippen molar-refractivity contribution >= 4 is 17.0 Å². The predicted molar refractivity (Wildman–Crippen MR) is 135 cm³/mol. The van der Waals surface area contributed by atoms with Crippen molar-refractivity contribution in [2.24, 2.45) is 0 Å². The first kappa shape index (κ1) is 25.3. The summed E-state index contributed by atoms with van der Waals surface area (Å²) in [5, 5.41) is 38.1. The number of nitriles is 3. The fraction of sp³-hybridized carbons (Fsp3) is 0. The van der Waals surface area contributed by atoms with Gasteiger partial charge in [-0.1, -0.05) is 78.9 Å². The summed E-state index contributed by atoms with van der Waals surface area (Å²) in [7, 11) is 0. The number of nitrogens with zero attached hydrogens (tertiary/aromatic N) is 6. The van der Waals surface area contributed by atoms with E-state index in [-0.39, 0.29) is 33.7 Å². The average molecular weight is 447 g/mol. The van der Waals surface area contributed by atoms with E-state index in [4.69, 9.17) is 13.1 Å². The van der Waals surface area contributed by atoms with Gasteiger partial charge in [-0.2, -0.15) is 5.26 Å². The highest BCUT2D eigenvalue weighted by atomic mass is 14.7. The lowest BCUT2D eigenvalue weighted by Crippen LogP contribution is -1.92. The summed E-state index contributed by atoms with van der Waals surface area (Å²) in [4.78, 5) is 6.51. The van der Waals surface area contributed by atoms with Crippen LogP contribution in [0.1, 0.15) is 11.1 Å². The maximum absolute atomic E-state index is 9.67. The Hall–Kier alpha value is -5.96. The van der Waals surface area contributed by atoms with Crippen molar-refractivity contribution < 1.29 is 0 Å². The van der Waals surface area contributed by atoms with Crippen LogP contribution in [-0.4, -0.2) is 5.87 Å². The first-order chi connectivity index (χ1) is 17.1. The van der Waals surface area contributed by atoms with Crippen LogP contribution in [0.25, 0.3) is 26.2 Å². The number of hydrogen-bond acceptors (Lipinski definition) is 3. The van der Waals surface area contributed by atoms with E-state index in [1.807, 2.05) is 24.1 Å². The Kier molecular flexibility index (Phi) is 9.72. The Morgan fingerprint density at radius 2 is 1.23 bits per heavy atom. The summed E-state index contributed by atoms with van der Waals surface area (Å²) >= 11 is 0. The number of benzene rings is 2. The van der Waals surface area contributed by atoms with Gasteiger partial charge in [0.1, 0.15) is 0 Å². The normalized spacial score (nSPS) is 12.1. The second-order valence-electron chi connectivity index (χ2n) is 6.59. The molecule has 0 N–H and O–H groups in total. The maximum Gasteiger partial charge on any atom is 0.270 e. The Labute approximate surface area is 204 Å². The third kappa shape index (κ3) is 6.51. The van der Waals surface area contributed by atoms with Crippen LogP contribution in [0.4, 0.5) is 0 Å². The molecule has 0 unspecified atom stereocenters. The van der Waals surface area contributed by atoms with Crippen molar-refractivity contribution in [1.82, 2.24) is 0 Å². The lowest BCUT2D eigenvalue weighted by atomic mass is 9.96. The molecule has 0 aliphatic heterocycles. The zero-order chi connectivity index (χ0) is 25.5. The minimum absolute atomic E-state index is 0.127. The molecule has 0 atom stereocenters. The minimum Gasteiger partial charge on any atom is -0.763 e. The smallest absolute Gasteiger partial charge is 0.270 e. The van der Waals surface area contributed by atoms with Gasteiger partial charge in [0.25, 0.3) is 11.4 Å². The van der Waals surface area contributed by atoms with E-state index < -0.39 is 0 Å². The standard InChI is InChI=1S/C29H15N6/c1-34-26(20-32)28(22-12-6-3-7-13-22)24(18-30)16-10-5-11-17-25(19-31)29(27(21-33)35-2)23-14-8-4-9-15-23/h3-17H/q-1. The molecule has 0 aliphatic carbocycles. The molecule has 2 aromatic rings. The maximum atomic E-state index is 9.67. The van der Waals surface area contributed by atoms with Crippen molar-refractivity contribution in [3.8, 4) is 18.2 Å². The fourth-order valence-corrected chi connectivity index (χ4v) is 3.04. The summed E-state index contributed by atoms with van der Waals surface area (Å²) in [5.74, 6) is 2.03. The third-order valence-corrected chi connectivity index (χ3v) is 4.56. The lowest BCUT2D eigenvalue weighted by Gasteiger charge is -2.09. The quantitative estimate of drug-likeness (QED) is 0.212. The lowest BCUT2D eigenvalue weighted by molar-refractivity contribution is 1.46. The highest BCUT2D eigenvalue weighted by Gasteiger charge is 2.14. The van der Waals surface area contributed by atoms with Gasteiger partial charge in [-0.25, -0.2) is 20.2 Å². The van der Waals surface area contributed by atoms with Gasteiger partial charge < -0.3 is 5.41 Å². The SMILES string of the molecule is [C-]#[N+]C(C#N)=C(C(=C=[N-])C=CC=CC=C(C#N)C(=C(C#N)[N+]#[C-])c1ccccc1)c1ccccc1. The van der Waals surface area contributed by atoms with Crippen LogP contribution in [0.15, 0.2) is 114 Å². The number of hydrogen-bond donors (Lipinski definition) is 0. The topological polar surface area (TPSA) is 102 Å². The molecule has 0 aromatic heterocycles. The molecule has 0 saturated heterocycles. The Bertz CT molecular complexity index is 1480. The van der Waals surface area contributed by atoms with Gasteiger partial charge in [0.15, 0.2) is 0 Å². The summed E-state index contributed by atoms with van der Waals surface area (Å²) < 4.78 is 0. The molecule has 0 aliphatic rings. The Morgan fingerprint density at radius 1 is 0.714 bits per heavy atom. The van der Waals surface area contributed by atoms with E-state index in [9.17, 15) is 21.2 Å². The summed E-state index contributed by atoms with van der Waals surface area (Å²) in [6.45, 7) is 14.6. The molecule has 162 valence electrons. The summed E-state index contributed by atoms with van der Waals surface area (Å²) in [6.07, 6.45) is 7.58. The van der Waals surface area contributed by atoms with E-state index >= 15 is 0 Å². The van der Waals surface area contributed by atoms with E-state index in [1.54, 1.807) is 66.7 Å². The van der Waals surface area contributed by atoms with Gasteiger partial charge >= 0.3 is 0 Å². The molecule has 0 amide bonds. The zero-order valence-electron chi connectivity index (χ0n) is 18.3. The van der Waals surface area contributed by atoms with Crippen LogP contribution in [0.2, 0.25) is 0 Å². The van der Waals surface area contributed by atoms with E-state index in [2.05, 4.69) is 9.69 Å². The summed E-state index contributed by atoms with van der Waals surface area (Å²) in [6, 6.07) is 23.1. The zero-order valence-corrected chi connectivity index (χ0v) is 18.3. The van der Waals surface area contributed by atoms with Gasteiger partial charge in [-0.15, -0.1) is 0 Å². The molecule has 0 saturated carbocycles. The van der Waals surface area contributed by atoms with Crippen molar-refractivity contribution in [1.29, 1.82) is 15.8 Å². The molecule has 35 heavy (non-hydrogen) atoms. The molecule has 6 heteroatoms. The Morgan fingerprint density at radius 3 is 1.69 bits per heavy atom. The van der Waals surface area contributed by atoms with E-state index in [1.165, 1.54) is 24.3 Å². The monoisotopic (exact) mass is 447 g/mol. The molecule has 6 nitrogen and oxygen atoms in total. The highest BCUT2D eigenvalue weighted by Crippen LogP contribution is 2.28. The number of rotatable bonds is 7. The first-order valence-corrected chi connectivity index (χ1v) is 10.0. The van der Waals surface area contributed by atoms with E-state index in [0.717, 1.165) is 0 Å². The summed E-state index contributed by atoms with van der Waals surface area (Å²) in [5.41, 5.74) is 1.45. The fourth-order valence-electron chi connectivity index (χ4n) is 3.04. The molecule has 0 bridgehead atoms. The molecule has 2 aromatic carbocycles. The van der Waals surface area contributed by atoms with Crippen LogP contribution in [0, 0.1) is 47.1 Å². The second kappa shape index (κ2) is 13.5. The van der Waals surface area contributed by atoms with Crippen molar-refractivity contribution in [3.05, 3.63) is 153 Å². The van der Waals surface area contributed by atoms with Gasteiger partial charge in [-0.05, 0) is 28.9 Å². The molecule has 2 rings (SSSR count). The largest absolute Gasteiger partial charge is 0.763 e. The molecule has 0 heterocycles. The molecule has 0 radical (unpaired) electrons. The van der Waals surface area contributed by atoms with Gasteiger partial charge in [0, 0.05) is 11.1 Å². The van der Waals surface area contributed by atoms with Gasteiger partial charge in [0.05, 0.1) is 36.9 Å². The predicted octanol–water partition coefficient (Wildman–Crippen LogP) is 6.42. The van der Waals surface area contributed by atoms with Crippen LogP contribution in [0.5, 0.6) is 0 Å². The van der Waals surface area contributed by atoms with Gasteiger partial charge in [-0.3, -0.25) is 5.87 Å². The van der Waals surface area contributed by atoms with Crippen LogP contribution in [0.3, 0.4) is 0 Å². The van der Waals surface area contributed by atoms with Crippen molar-refractivity contribution in [2.45, 2.75) is 0 Å². The average Bonchev–Trinajstić information content (AvgIpc) is 2.92. The molecule has 0 fully saturated rings. The van der Waals surface area contributed by atoms with Crippen LogP contribution in [-0.2, 0) is 0 Å². The van der Waals surface area contributed by atoms with Crippen molar-refractivity contribution in [3.63, 3.8) is 0 Å². The number of allylic oxidation sites excluding steroid dienone is 11.